The lowest BCUT2D eigenvalue weighted by molar-refractivity contribution is 0.0958. The predicted molar refractivity (Wildman–Crippen MR) is 88.7 cm³/mol. The second-order valence-corrected chi connectivity index (χ2v) is 5.41. The lowest BCUT2D eigenvalue weighted by Gasteiger charge is -2.07. The average molecular weight is 291 g/mol. The molecule has 118 valence electrons. The molecule has 4 heteroatoms. The smallest absolute Gasteiger partial charge is 0.269 e. The van der Waals surface area contributed by atoms with E-state index in [9.17, 15) is 4.79 Å². The first-order valence-electron chi connectivity index (χ1n) is 8.20. The number of anilines is 1. The molecule has 1 aromatic rings. The minimum absolute atomic E-state index is 0.147. The molecule has 0 saturated carbocycles. The summed E-state index contributed by atoms with van der Waals surface area (Å²) in [4.78, 5) is 15.5. The highest BCUT2D eigenvalue weighted by molar-refractivity contribution is 5.92. The van der Waals surface area contributed by atoms with Crippen molar-refractivity contribution in [2.45, 2.75) is 58.3 Å². The largest absolute Gasteiger partial charge is 0.385 e. The van der Waals surface area contributed by atoms with Gasteiger partial charge in [-0.3, -0.25) is 9.78 Å². The van der Waals surface area contributed by atoms with Crippen LogP contribution < -0.4 is 10.6 Å². The number of hydrogen-bond acceptors (Lipinski definition) is 3. The quantitative estimate of drug-likeness (QED) is 0.606. The zero-order valence-corrected chi connectivity index (χ0v) is 13.5. The summed E-state index contributed by atoms with van der Waals surface area (Å²) in [5, 5.41) is 5.94. The number of amides is 1. The molecule has 0 atom stereocenters. The molecular weight excluding hydrogens is 262 g/mol. The molecule has 1 heterocycles. The Morgan fingerprint density at radius 3 is 2.43 bits per heavy atom. The molecule has 4 nitrogen and oxygen atoms in total. The molecule has 0 aliphatic carbocycles. The van der Waals surface area contributed by atoms with Crippen LogP contribution in [0.15, 0.2) is 18.3 Å². The number of hydrogen-bond donors (Lipinski definition) is 2. The Morgan fingerprint density at radius 1 is 1.10 bits per heavy atom. The zero-order valence-electron chi connectivity index (χ0n) is 13.5. The van der Waals surface area contributed by atoms with Crippen molar-refractivity contribution in [1.29, 1.82) is 0 Å². The van der Waals surface area contributed by atoms with Crippen molar-refractivity contribution in [3.63, 3.8) is 0 Å². The molecule has 0 saturated heterocycles. The van der Waals surface area contributed by atoms with Gasteiger partial charge in [0, 0.05) is 25.5 Å². The Labute approximate surface area is 128 Å². The van der Waals surface area contributed by atoms with Gasteiger partial charge in [0.1, 0.15) is 5.69 Å². The van der Waals surface area contributed by atoms with Crippen LogP contribution in [0.2, 0.25) is 0 Å². The Hall–Kier alpha value is -1.58. The summed E-state index contributed by atoms with van der Waals surface area (Å²) in [5.41, 5.74) is 1.42. The fraction of sp³-hybridized carbons (Fsp3) is 0.647. The van der Waals surface area contributed by atoms with Crippen molar-refractivity contribution >= 4 is 11.6 Å². The minimum atomic E-state index is -0.147. The number of rotatable bonds is 11. The van der Waals surface area contributed by atoms with E-state index in [4.69, 9.17) is 0 Å². The summed E-state index contributed by atoms with van der Waals surface area (Å²) in [7, 11) is 1.62. The van der Waals surface area contributed by atoms with Crippen molar-refractivity contribution < 1.29 is 4.79 Å². The summed E-state index contributed by atoms with van der Waals surface area (Å²) in [5.74, 6) is -0.147. The molecule has 1 rings (SSSR count). The third-order valence-electron chi connectivity index (χ3n) is 3.58. The van der Waals surface area contributed by atoms with Crippen LogP contribution in [0.5, 0.6) is 0 Å². The average Bonchev–Trinajstić information content (AvgIpc) is 2.53. The van der Waals surface area contributed by atoms with Gasteiger partial charge in [-0.25, -0.2) is 0 Å². The van der Waals surface area contributed by atoms with E-state index in [0.29, 0.717) is 5.69 Å². The standard InChI is InChI=1S/C17H29N3O/c1-3-4-5-6-7-8-9-10-12-19-15-11-13-20-16(14-15)17(21)18-2/h11,13-14H,3-10,12H2,1-2H3,(H,18,21)(H,19,20). The van der Waals surface area contributed by atoms with Gasteiger partial charge in [0.25, 0.3) is 5.91 Å². The molecule has 2 N–H and O–H groups in total. The van der Waals surface area contributed by atoms with E-state index < -0.39 is 0 Å². The number of pyridine rings is 1. The van der Waals surface area contributed by atoms with Gasteiger partial charge in [-0.1, -0.05) is 51.9 Å². The first-order valence-corrected chi connectivity index (χ1v) is 8.20. The molecule has 1 aromatic heterocycles. The Morgan fingerprint density at radius 2 is 1.76 bits per heavy atom. The third kappa shape index (κ3) is 7.69. The molecule has 0 fully saturated rings. The Kier molecular flexibility index (Phi) is 9.25. The van der Waals surface area contributed by atoms with Crippen molar-refractivity contribution in [3.05, 3.63) is 24.0 Å². The molecule has 0 unspecified atom stereocenters. The Balaban J connectivity index is 2.11. The van der Waals surface area contributed by atoms with E-state index in [-0.39, 0.29) is 5.91 Å². The number of nitrogens with zero attached hydrogens (tertiary/aromatic N) is 1. The summed E-state index contributed by atoms with van der Waals surface area (Å²) in [6.45, 7) is 3.20. The van der Waals surface area contributed by atoms with Crippen LogP contribution >= 0.6 is 0 Å². The number of aromatic nitrogens is 1. The van der Waals surface area contributed by atoms with Crippen LogP contribution in [0.1, 0.15) is 68.8 Å². The van der Waals surface area contributed by atoms with E-state index >= 15 is 0 Å². The highest BCUT2D eigenvalue weighted by Gasteiger charge is 2.04. The van der Waals surface area contributed by atoms with Gasteiger partial charge in [0.2, 0.25) is 0 Å². The van der Waals surface area contributed by atoms with Crippen LogP contribution in [-0.2, 0) is 0 Å². The summed E-state index contributed by atoms with van der Waals surface area (Å²) in [6, 6.07) is 3.70. The summed E-state index contributed by atoms with van der Waals surface area (Å²) < 4.78 is 0. The molecule has 0 radical (unpaired) electrons. The molecule has 0 bridgehead atoms. The van der Waals surface area contributed by atoms with Gasteiger partial charge in [-0.15, -0.1) is 0 Å². The third-order valence-corrected chi connectivity index (χ3v) is 3.58. The maximum Gasteiger partial charge on any atom is 0.269 e. The van der Waals surface area contributed by atoms with Gasteiger partial charge in [0.05, 0.1) is 0 Å². The van der Waals surface area contributed by atoms with Crippen LogP contribution in [0.4, 0.5) is 5.69 Å². The fourth-order valence-corrected chi connectivity index (χ4v) is 2.28. The number of unbranched alkanes of at least 4 members (excludes halogenated alkanes) is 7. The van der Waals surface area contributed by atoms with E-state index in [1.165, 1.54) is 51.4 Å². The molecule has 0 spiro atoms. The predicted octanol–water partition coefficient (Wildman–Crippen LogP) is 3.99. The monoisotopic (exact) mass is 291 g/mol. The van der Waals surface area contributed by atoms with Crippen LogP contribution in [-0.4, -0.2) is 24.5 Å². The minimum Gasteiger partial charge on any atom is -0.385 e. The maximum absolute atomic E-state index is 11.5. The van der Waals surface area contributed by atoms with Crippen LogP contribution in [0.25, 0.3) is 0 Å². The highest BCUT2D eigenvalue weighted by Crippen LogP contribution is 2.10. The molecule has 0 aromatic carbocycles. The van der Waals surface area contributed by atoms with E-state index in [2.05, 4.69) is 22.5 Å². The molecule has 1 amide bonds. The second kappa shape index (κ2) is 11.1. The maximum atomic E-state index is 11.5. The normalized spacial score (nSPS) is 10.4. The molecule has 0 aliphatic rings. The van der Waals surface area contributed by atoms with Gasteiger partial charge in [-0.05, 0) is 18.6 Å². The van der Waals surface area contributed by atoms with E-state index in [0.717, 1.165) is 12.2 Å². The van der Waals surface area contributed by atoms with Crippen molar-refractivity contribution in [3.8, 4) is 0 Å². The molecule has 0 aliphatic heterocycles. The lowest BCUT2D eigenvalue weighted by Crippen LogP contribution is -2.19. The van der Waals surface area contributed by atoms with Gasteiger partial charge in [0.15, 0.2) is 0 Å². The van der Waals surface area contributed by atoms with E-state index in [1.54, 1.807) is 19.3 Å². The first kappa shape index (κ1) is 17.5. The van der Waals surface area contributed by atoms with Gasteiger partial charge >= 0.3 is 0 Å². The SMILES string of the molecule is CCCCCCCCCCNc1ccnc(C(=O)NC)c1. The summed E-state index contributed by atoms with van der Waals surface area (Å²) in [6.07, 6.45) is 12.2. The number of carbonyl (C=O) groups is 1. The Bertz CT molecular complexity index is 407. The highest BCUT2D eigenvalue weighted by atomic mass is 16.1. The fourth-order valence-electron chi connectivity index (χ4n) is 2.28. The van der Waals surface area contributed by atoms with Crippen molar-refractivity contribution in [2.24, 2.45) is 0 Å². The lowest BCUT2D eigenvalue weighted by atomic mass is 10.1. The van der Waals surface area contributed by atoms with Gasteiger partial charge < -0.3 is 10.6 Å². The topological polar surface area (TPSA) is 54.0 Å². The molecular formula is C17H29N3O. The number of carbonyl (C=O) groups excluding carboxylic acids is 1. The van der Waals surface area contributed by atoms with Crippen LogP contribution in [0.3, 0.4) is 0 Å². The number of nitrogens with one attached hydrogen (secondary N) is 2. The molecule has 21 heavy (non-hydrogen) atoms. The van der Waals surface area contributed by atoms with Gasteiger partial charge in [-0.2, -0.15) is 0 Å². The van der Waals surface area contributed by atoms with Crippen LogP contribution in [0, 0.1) is 0 Å². The van der Waals surface area contributed by atoms with Crippen molar-refractivity contribution in [1.82, 2.24) is 10.3 Å². The summed E-state index contributed by atoms with van der Waals surface area (Å²) >= 11 is 0. The first-order chi connectivity index (χ1) is 10.3. The second-order valence-electron chi connectivity index (χ2n) is 5.41. The zero-order chi connectivity index (χ0) is 15.3. The van der Waals surface area contributed by atoms with Crippen molar-refractivity contribution in [2.75, 3.05) is 18.9 Å². The van der Waals surface area contributed by atoms with E-state index in [1.807, 2.05) is 6.07 Å².